The number of hydrogen-bond acceptors (Lipinski definition) is 4. The fourth-order valence-corrected chi connectivity index (χ4v) is 3.99. The van der Waals surface area contributed by atoms with Gasteiger partial charge in [-0.3, -0.25) is 9.59 Å². The summed E-state index contributed by atoms with van der Waals surface area (Å²) < 4.78 is 0. The Labute approximate surface area is 198 Å². The topological polar surface area (TPSA) is 98.7 Å². The molecule has 0 radical (unpaired) electrons. The van der Waals surface area contributed by atoms with Crippen molar-refractivity contribution >= 4 is 17.8 Å². The van der Waals surface area contributed by atoms with Crippen molar-refractivity contribution < 1.29 is 19.5 Å². The summed E-state index contributed by atoms with van der Waals surface area (Å²) in [6.07, 6.45) is 2.09. The minimum absolute atomic E-state index is 0.0130. The summed E-state index contributed by atoms with van der Waals surface area (Å²) in [6.45, 7) is 13.0. The van der Waals surface area contributed by atoms with Gasteiger partial charge in [-0.05, 0) is 37.3 Å². The van der Waals surface area contributed by atoms with Crippen molar-refractivity contribution in [2.24, 2.45) is 11.3 Å². The van der Waals surface area contributed by atoms with Crippen LogP contribution in [0.15, 0.2) is 42.0 Å². The molecule has 0 saturated heterocycles. The number of nitrogens with zero attached hydrogens (tertiary/aromatic N) is 1. The standard InChI is InChI=1S/C26H41N3O4/c1-10-26(27-8,19-14-12-11-13-15-19)24(33)28-21(25(5,6)7)22(30)29(9)20(17(2)3)16-18(4)23(31)32/h11-17,20-21,27H,10H2,1-9H3,(H,28,33)(H,31,32)/t20-,21-,26?/m1/s1. The fourth-order valence-electron chi connectivity index (χ4n) is 3.99. The lowest BCUT2D eigenvalue weighted by atomic mass is 9.82. The summed E-state index contributed by atoms with van der Waals surface area (Å²) in [5, 5.41) is 15.5. The second-order valence-corrected chi connectivity index (χ2v) is 9.99. The summed E-state index contributed by atoms with van der Waals surface area (Å²) in [5.74, 6) is -1.58. The third kappa shape index (κ3) is 6.67. The highest BCUT2D eigenvalue weighted by atomic mass is 16.4. The second-order valence-electron chi connectivity index (χ2n) is 9.99. The van der Waals surface area contributed by atoms with Gasteiger partial charge in [0.1, 0.15) is 11.6 Å². The van der Waals surface area contributed by atoms with E-state index in [0.717, 1.165) is 5.56 Å². The molecule has 7 nitrogen and oxygen atoms in total. The van der Waals surface area contributed by atoms with Crippen molar-refractivity contribution in [3.05, 3.63) is 47.5 Å². The Bertz CT molecular complexity index is 852. The number of amides is 2. The number of hydrogen-bond donors (Lipinski definition) is 3. The number of likely N-dealkylation sites (N-methyl/N-ethyl adjacent to an activating group) is 2. The molecule has 3 atom stereocenters. The van der Waals surface area contributed by atoms with E-state index in [0.29, 0.717) is 6.42 Å². The highest BCUT2D eigenvalue weighted by molar-refractivity contribution is 5.93. The highest BCUT2D eigenvalue weighted by Crippen LogP contribution is 2.28. The van der Waals surface area contributed by atoms with Crippen molar-refractivity contribution in [3.8, 4) is 0 Å². The van der Waals surface area contributed by atoms with Crippen LogP contribution >= 0.6 is 0 Å². The zero-order valence-electron chi connectivity index (χ0n) is 21.5. The van der Waals surface area contributed by atoms with Crippen LogP contribution in [0, 0.1) is 11.3 Å². The van der Waals surface area contributed by atoms with Crippen LogP contribution in [0.2, 0.25) is 0 Å². The maximum Gasteiger partial charge on any atom is 0.331 e. The van der Waals surface area contributed by atoms with Gasteiger partial charge in [0.15, 0.2) is 0 Å². The Balaban J connectivity index is 3.37. The molecule has 3 N–H and O–H groups in total. The smallest absolute Gasteiger partial charge is 0.331 e. The molecule has 0 aromatic heterocycles. The average Bonchev–Trinajstić information content (AvgIpc) is 2.75. The van der Waals surface area contributed by atoms with Crippen LogP contribution in [0.1, 0.15) is 60.5 Å². The molecule has 0 spiro atoms. The van der Waals surface area contributed by atoms with Gasteiger partial charge in [0.2, 0.25) is 11.8 Å². The highest BCUT2D eigenvalue weighted by Gasteiger charge is 2.43. The number of carbonyl (C=O) groups excluding carboxylic acids is 2. The van der Waals surface area contributed by atoms with Gasteiger partial charge < -0.3 is 20.6 Å². The van der Waals surface area contributed by atoms with E-state index in [1.165, 1.54) is 6.92 Å². The lowest BCUT2D eigenvalue weighted by Crippen LogP contribution is -2.61. The number of carboxylic acid groups (broad SMARTS) is 1. The van der Waals surface area contributed by atoms with Crippen LogP contribution in [0.25, 0.3) is 0 Å². The molecule has 7 heteroatoms. The van der Waals surface area contributed by atoms with Crippen molar-refractivity contribution in [3.63, 3.8) is 0 Å². The van der Waals surface area contributed by atoms with E-state index in [9.17, 15) is 19.5 Å². The molecule has 184 valence electrons. The molecular weight excluding hydrogens is 418 g/mol. The summed E-state index contributed by atoms with van der Waals surface area (Å²) >= 11 is 0. The van der Waals surface area contributed by atoms with Crippen LogP contribution in [0.5, 0.6) is 0 Å². The average molecular weight is 460 g/mol. The van der Waals surface area contributed by atoms with E-state index in [1.807, 2.05) is 71.9 Å². The Kier molecular flexibility index (Phi) is 9.85. The van der Waals surface area contributed by atoms with Crippen molar-refractivity contribution in [2.75, 3.05) is 14.1 Å². The van der Waals surface area contributed by atoms with E-state index < -0.39 is 29.0 Å². The zero-order chi connectivity index (χ0) is 25.6. The number of rotatable bonds is 10. The number of carboxylic acids is 1. The zero-order valence-corrected chi connectivity index (χ0v) is 21.5. The van der Waals surface area contributed by atoms with Crippen molar-refractivity contribution in [2.45, 2.75) is 72.5 Å². The molecule has 1 aromatic rings. The van der Waals surface area contributed by atoms with Gasteiger partial charge in [-0.25, -0.2) is 4.79 Å². The fraction of sp³-hybridized carbons (Fsp3) is 0.577. The van der Waals surface area contributed by atoms with Crippen LogP contribution in [0.3, 0.4) is 0 Å². The number of benzene rings is 1. The first kappa shape index (κ1) is 28.4. The monoisotopic (exact) mass is 459 g/mol. The Hall–Kier alpha value is -2.67. The van der Waals surface area contributed by atoms with E-state index in [1.54, 1.807) is 25.1 Å². The Morgan fingerprint density at radius 3 is 2.06 bits per heavy atom. The van der Waals surface area contributed by atoms with Crippen LogP contribution < -0.4 is 10.6 Å². The molecule has 1 rings (SSSR count). The predicted octanol–water partition coefficient (Wildman–Crippen LogP) is 3.56. The number of carbonyl (C=O) groups is 3. The van der Waals surface area contributed by atoms with Crippen molar-refractivity contribution in [1.29, 1.82) is 0 Å². The quantitative estimate of drug-likeness (QED) is 0.465. The summed E-state index contributed by atoms with van der Waals surface area (Å²) in [5.41, 5.74) is -0.561. The van der Waals surface area contributed by atoms with Gasteiger partial charge in [-0.15, -0.1) is 0 Å². The van der Waals surface area contributed by atoms with Crippen molar-refractivity contribution in [1.82, 2.24) is 15.5 Å². The second kappa shape index (κ2) is 11.5. The first-order valence-electron chi connectivity index (χ1n) is 11.5. The summed E-state index contributed by atoms with van der Waals surface area (Å²) in [6, 6.07) is 8.22. The van der Waals surface area contributed by atoms with E-state index >= 15 is 0 Å². The summed E-state index contributed by atoms with van der Waals surface area (Å²) in [7, 11) is 3.40. The Morgan fingerprint density at radius 2 is 1.67 bits per heavy atom. The lowest BCUT2D eigenvalue weighted by molar-refractivity contribution is -0.142. The van der Waals surface area contributed by atoms with Gasteiger partial charge >= 0.3 is 5.97 Å². The maximum atomic E-state index is 13.7. The van der Waals surface area contributed by atoms with Gasteiger partial charge in [-0.1, -0.05) is 78.0 Å². The van der Waals surface area contributed by atoms with Gasteiger partial charge in [0.25, 0.3) is 0 Å². The first-order chi connectivity index (χ1) is 15.2. The van der Waals surface area contributed by atoms with E-state index in [2.05, 4.69) is 10.6 Å². The maximum absolute atomic E-state index is 13.7. The molecule has 0 aliphatic rings. The molecule has 1 unspecified atom stereocenters. The molecule has 0 aliphatic heterocycles. The SMILES string of the molecule is CCC(NC)(C(=O)N[C@H](C(=O)N(C)[C@H](C=C(C)C(=O)O)C(C)C)C(C)(C)C)c1ccccc1. The Morgan fingerprint density at radius 1 is 1.12 bits per heavy atom. The third-order valence-corrected chi connectivity index (χ3v) is 6.24. The molecule has 0 aliphatic carbocycles. The van der Waals surface area contributed by atoms with Gasteiger partial charge in [-0.2, -0.15) is 0 Å². The minimum Gasteiger partial charge on any atom is -0.478 e. The first-order valence-corrected chi connectivity index (χ1v) is 11.5. The molecular formula is C26H41N3O4. The van der Waals surface area contributed by atoms with Crippen LogP contribution in [0.4, 0.5) is 0 Å². The van der Waals surface area contributed by atoms with E-state index in [-0.39, 0.29) is 23.3 Å². The molecule has 1 aromatic carbocycles. The summed E-state index contributed by atoms with van der Waals surface area (Å²) in [4.78, 5) is 40.2. The molecule has 0 heterocycles. The van der Waals surface area contributed by atoms with Gasteiger partial charge in [0, 0.05) is 12.6 Å². The largest absolute Gasteiger partial charge is 0.478 e. The van der Waals surface area contributed by atoms with Crippen LogP contribution in [-0.4, -0.2) is 54.0 Å². The molecule has 2 amide bonds. The predicted molar refractivity (Wildman–Crippen MR) is 132 cm³/mol. The van der Waals surface area contributed by atoms with E-state index in [4.69, 9.17) is 0 Å². The molecule has 0 saturated carbocycles. The molecule has 33 heavy (non-hydrogen) atoms. The van der Waals surface area contributed by atoms with Gasteiger partial charge in [0.05, 0.1) is 6.04 Å². The lowest BCUT2D eigenvalue weighted by Gasteiger charge is -2.40. The normalized spacial score (nSPS) is 16.0. The number of aliphatic carboxylic acids is 1. The minimum atomic E-state index is -1.02. The molecule has 0 fully saturated rings. The molecule has 0 bridgehead atoms. The van der Waals surface area contributed by atoms with Crippen LogP contribution in [-0.2, 0) is 19.9 Å². The number of nitrogens with one attached hydrogen (secondary N) is 2. The third-order valence-electron chi connectivity index (χ3n) is 6.24.